The van der Waals surface area contributed by atoms with Crippen LogP contribution < -0.4 is 10.5 Å². The summed E-state index contributed by atoms with van der Waals surface area (Å²) in [6.45, 7) is 1.67. The fourth-order valence-corrected chi connectivity index (χ4v) is 2.25. The SMILES string of the molecule is C/C(=N\Nc1cc(C(=O)O)ccc1Cl)c1cc(Br)ccc1[O-]. The number of rotatable bonds is 4. The Morgan fingerprint density at radius 3 is 2.73 bits per heavy atom. The lowest BCUT2D eigenvalue weighted by molar-refractivity contribution is -0.268. The van der Waals surface area contributed by atoms with Gasteiger partial charge in [-0.15, -0.1) is 0 Å². The lowest BCUT2D eigenvalue weighted by Crippen LogP contribution is -2.05. The van der Waals surface area contributed by atoms with Gasteiger partial charge in [-0.2, -0.15) is 5.10 Å². The molecule has 5 nitrogen and oxygen atoms in total. The number of benzene rings is 2. The van der Waals surface area contributed by atoms with Crippen LogP contribution in [0.1, 0.15) is 22.8 Å². The first-order valence-corrected chi connectivity index (χ1v) is 7.35. The maximum Gasteiger partial charge on any atom is 0.335 e. The molecule has 0 atom stereocenters. The van der Waals surface area contributed by atoms with Crippen LogP contribution in [-0.4, -0.2) is 16.8 Å². The Kier molecular flexibility index (Phi) is 5.05. The summed E-state index contributed by atoms with van der Waals surface area (Å²) >= 11 is 9.29. The minimum Gasteiger partial charge on any atom is -0.872 e. The molecule has 0 radical (unpaired) electrons. The number of nitrogens with zero attached hydrogens (tertiary/aromatic N) is 1. The number of carbonyl (C=O) groups is 1. The van der Waals surface area contributed by atoms with Crippen molar-refractivity contribution in [1.29, 1.82) is 0 Å². The number of anilines is 1. The van der Waals surface area contributed by atoms with Crippen molar-refractivity contribution >= 4 is 44.9 Å². The molecule has 2 rings (SSSR count). The van der Waals surface area contributed by atoms with E-state index in [1.54, 1.807) is 19.1 Å². The molecule has 0 spiro atoms. The molecule has 0 unspecified atom stereocenters. The van der Waals surface area contributed by atoms with E-state index in [0.29, 0.717) is 22.0 Å². The van der Waals surface area contributed by atoms with Crippen LogP contribution in [0.25, 0.3) is 0 Å². The van der Waals surface area contributed by atoms with Gasteiger partial charge in [-0.25, -0.2) is 4.79 Å². The third-order valence-electron chi connectivity index (χ3n) is 2.89. The van der Waals surface area contributed by atoms with Gasteiger partial charge in [-0.05, 0) is 42.8 Å². The average Bonchev–Trinajstić information content (AvgIpc) is 2.48. The van der Waals surface area contributed by atoms with Crippen molar-refractivity contribution in [3.05, 3.63) is 57.0 Å². The van der Waals surface area contributed by atoms with Crippen molar-refractivity contribution in [3.8, 4) is 5.75 Å². The maximum absolute atomic E-state index is 11.8. The highest BCUT2D eigenvalue weighted by molar-refractivity contribution is 9.10. The van der Waals surface area contributed by atoms with Crippen molar-refractivity contribution in [2.45, 2.75) is 6.92 Å². The lowest BCUT2D eigenvalue weighted by Gasteiger charge is -2.14. The summed E-state index contributed by atoms with van der Waals surface area (Å²) in [5.74, 6) is -1.22. The van der Waals surface area contributed by atoms with Gasteiger partial charge in [-0.1, -0.05) is 39.3 Å². The standard InChI is InChI=1S/C15H12BrClN2O3/c1-8(11-7-10(16)3-5-14(11)20)18-19-13-6-9(15(21)22)2-4-12(13)17/h2-7,19-20H,1H3,(H,21,22)/p-1/b18-8+. The topological polar surface area (TPSA) is 84.8 Å². The molecule has 0 amide bonds. The monoisotopic (exact) mass is 381 g/mol. The van der Waals surface area contributed by atoms with E-state index in [4.69, 9.17) is 16.7 Å². The van der Waals surface area contributed by atoms with Crippen molar-refractivity contribution in [1.82, 2.24) is 0 Å². The fourth-order valence-electron chi connectivity index (χ4n) is 1.73. The quantitative estimate of drug-likeness (QED) is 0.623. The van der Waals surface area contributed by atoms with Crippen LogP contribution >= 0.6 is 27.5 Å². The third kappa shape index (κ3) is 3.78. The predicted octanol–water partition coefficient (Wildman–Crippen LogP) is 3.71. The van der Waals surface area contributed by atoms with Gasteiger partial charge in [0.15, 0.2) is 0 Å². The minimum atomic E-state index is -1.06. The third-order valence-corrected chi connectivity index (χ3v) is 3.71. The zero-order valence-corrected chi connectivity index (χ0v) is 13.8. The van der Waals surface area contributed by atoms with Crippen molar-refractivity contribution < 1.29 is 15.0 Å². The molecule has 0 heterocycles. The predicted molar refractivity (Wildman–Crippen MR) is 87.8 cm³/mol. The zero-order chi connectivity index (χ0) is 16.3. The maximum atomic E-state index is 11.8. The molecule has 0 aliphatic carbocycles. The van der Waals surface area contributed by atoms with E-state index in [0.717, 1.165) is 4.47 Å². The van der Waals surface area contributed by atoms with Crippen LogP contribution in [0.3, 0.4) is 0 Å². The highest BCUT2D eigenvalue weighted by Crippen LogP contribution is 2.24. The molecule has 114 valence electrons. The van der Waals surface area contributed by atoms with E-state index in [-0.39, 0.29) is 11.3 Å². The number of halogens is 2. The Balaban J connectivity index is 2.29. The summed E-state index contributed by atoms with van der Waals surface area (Å²) in [5, 5.41) is 25.2. The van der Waals surface area contributed by atoms with Gasteiger partial charge >= 0.3 is 5.97 Å². The number of nitrogens with one attached hydrogen (secondary N) is 1. The molecular weight excluding hydrogens is 372 g/mol. The number of carboxylic acids is 1. The summed E-state index contributed by atoms with van der Waals surface area (Å²) < 4.78 is 0.766. The summed E-state index contributed by atoms with van der Waals surface area (Å²) in [4.78, 5) is 11.0. The van der Waals surface area contributed by atoms with E-state index in [9.17, 15) is 9.90 Å². The second-order valence-corrected chi connectivity index (χ2v) is 5.77. The lowest BCUT2D eigenvalue weighted by atomic mass is 10.1. The fraction of sp³-hybridized carbons (Fsp3) is 0.0667. The summed E-state index contributed by atoms with van der Waals surface area (Å²) in [6.07, 6.45) is 0. The number of carboxylic acid groups (broad SMARTS) is 1. The summed E-state index contributed by atoms with van der Waals surface area (Å²) in [7, 11) is 0. The molecule has 0 saturated carbocycles. The van der Waals surface area contributed by atoms with Gasteiger partial charge in [0.1, 0.15) is 0 Å². The van der Waals surface area contributed by atoms with Crippen molar-refractivity contribution in [2.75, 3.05) is 5.43 Å². The molecular formula is C15H11BrClN2O3-. The molecule has 0 aromatic heterocycles. The normalized spacial score (nSPS) is 11.3. The smallest absolute Gasteiger partial charge is 0.335 e. The van der Waals surface area contributed by atoms with Gasteiger partial charge in [0.2, 0.25) is 0 Å². The average molecular weight is 383 g/mol. The molecule has 7 heteroatoms. The Morgan fingerprint density at radius 2 is 2.05 bits per heavy atom. The van der Waals surface area contributed by atoms with Crippen molar-refractivity contribution in [3.63, 3.8) is 0 Å². The number of hydrazone groups is 1. The molecule has 0 aliphatic rings. The van der Waals surface area contributed by atoms with E-state index >= 15 is 0 Å². The van der Waals surface area contributed by atoms with Gasteiger partial charge in [-0.3, -0.25) is 5.43 Å². The van der Waals surface area contributed by atoms with Crippen LogP contribution in [-0.2, 0) is 0 Å². The first-order valence-electron chi connectivity index (χ1n) is 6.18. The number of hydrogen-bond donors (Lipinski definition) is 2. The highest BCUT2D eigenvalue weighted by atomic mass is 79.9. The van der Waals surface area contributed by atoms with Gasteiger partial charge in [0.25, 0.3) is 0 Å². The summed E-state index contributed by atoms with van der Waals surface area (Å²) in [5.41, 5.74) is 4.03. The van der Waals surface area contributed by atoms with Crippen LogP contribution in [0.4, 0.5) is 5.69 Å². The molecule has 2 N–H and O–H groups in total. The first kappa shape index (κ1) is 16.3. The first-order chi connectivity index (χ1) is 10.4. The Morgan fingerprint density at radius 1 is 1.32 bits per heavy atom. The van der Waals surface area contributed by atoms with E-state index < -0.39 is 5.97 Å². The summed E-state index contributed by atoms with van der Waals surface area (Å²) in [6, 6.07) is 9.00. The van der Waals surface area contributed by atoms with E-state index in [1.165, 1.54) is 24.3 Å². The second-order valence-electron chi connectivity index (χ2n) is 4.45. The molecule has 0 bridgehead atoms. The van der Waals surface area contributed by atoms with Crippen LogP contribution in [0.5, 0.6) is 5.75 Å². The molecule has 2 aromatic rings. The highest BCUT2D eigenvalue weighted by Gasteiger charge is 2.07. The molecule has 0 fully saturated rings. The molecule has 0 saturated heterocycles. The van der Waals surface area contributed by atoms with Gasteiger partial charge < -0.3 is 10.2 Å². The molecule has 22 heavy (non-hydrogen) atoms. The van der Waals surface area contributed by atoms with Crippen LogP contribution in [0.2, 0.25) is 5.02 Å². The second kappa shape index (κ2) is 6.81. The van der Waals surface area contributed by atoms with Crippen molar-refractivity contribution in [2.24, 2.45) is 5.10 Å². The minimum absolute atomic E-state index is 0.0896. The zero-order valence-electron chi connectivity index (χ0n) is 11.4. The number of hydrogen-bond acceptors (Lipinski definition) is 4. The van der Waals surface area contributed by atoms with Crippen LogP contribution in [0, 0.1) is 0 Å². The largest absolute Gasteiger partial charge is 0.872 e. The van der Waals surface area contributed by atoms with Gasteiger partial charge in [0, 0.05) is 4.47 Å². The molecule has 0 aliphatic heterocycles. The number of aromatic carboxylic acids is 1. The van der Waals surface area contributed by atoms with E-state index in [2.05, 4.69) is 26.5 Å². The Bertz CT molecular complexity index is 762. The van der Waals surface area contributed by atoms with Gasteiger partial charge in [0.05, 0.1) is 22.0 Å². The molecule has 2 aromatic carbocycles. The Hall–Kier alpha value is -2.05. The Labute approximate surface area is 140 Å². The van der Waals surface area contributed by atoms with E-state index in [1.807, 2.05) is 0 Å². The van der Waals surface area contributed by atoms with Crippen LogP contribution in [0.15, 0.2) is 46.0 Å².